The van der Waals surface area contributed by atoms with Gasteiger partial charge < -0.3 is 19.1 Å². The third-order valence-corrected chi connectivity index (χ3v) is 1.32. The summed E-state index contributed by atoms with van der Waals surface area (Å²) in [7, 11) is 0. The summed E-state index contributed by atoms with van der Waals surface area (Å²) in [5.41, 5.74) is 0. The Morgan fingerprint density at radius 2 is 1.20 bits per heavy atom. The molecule has 2 radical (unpaired) electrons. The monoisotopic (exact) mass is 322 g/mol. The van der Waals surface area contributed by atoms with Crippen molar-refractivity contribution < 1.29 is 19.1 Å². The van der Waals surface area contributed by atoms with E-state index in [-0.39, 0.29) is 23.9 Å². The van der Waals surface area contributed by atoms with Crippen LogP contribution in [0, 0.1) is 0 Å². The Morgan fingerprint density at radius 1 is 0.867 bits per heavy atom. The van der Waals surface area contributed by atoms with E-state index in [1.54, 1.807) is 0 Å². The van der Waals surface area contributed by atoms with E-state index in [2.05, 4.69) is 9.47 Å². The number of ether oxygens (including phenoxy) is 2. The van der Waals surface area contributed by atoms with Crippen LogP contribution in [0.3, 0.4) is 0 Å². The van der Waals surface area contributed by atoms with Crippen LogP contribution >= 0.6 is 0 Å². The molecular formula is C10H18O4Sn. The molecule has 0 bridgehead atoms. The van der Waals surface area contributed by atoms with E-state index >= 15 is 0 Å². The fourth-order valence-corrected chi connectivity index (χ4v) is 0.516. The molecular weight excluding hydrogens is 303 g/mol. The molecule has 0 amide bonds. The Bertz CT molecular complexity index is 106. The molecule has 0 spiro atoms. The molecule has 0 unspecified atom stereocenters. The summed E-state index contributed by atoms with van der Waals surface area (Å²) in [5.74, 6) is 0. The van der Waals surface area contributed by atoms with Gasteiger partial charge in [-0.1, -0.05) is 39.6 Å². The van der Waals surface area contributed by atoms with Crippen molar-refractivity contribution in [1.82, 2.24) is 0 Å². The van der Waals surface area contributed by atoms with Gasteiger partial charge in [0.15, 0.2) is 0 Å². The maximum Gasteiger partial charge on any atom is 2.00 e. The average Bonchev–Trinajstić information content (AvgIpc) is 2.21. The number of carbonyl (C=O) groups excluding carboxylic acids is 2. The van der Waals surface area contributed by atoms with Crippen LogP contribution in [0.5, 0.6) is 0 Å². The molecule has 0 aromatic rings. The molecule has 0 saturated heterocycles. The van der Waals surface area contributed by atoms with Crippen molar-refractivity contribution in [3.8, 4) is 0 Å². The van der Waals surface area contributed by atoms with Crippen LogP contribution in [0.25, 0.3) is 0 Å². The van der Waals surface area contributed by atoms with Gasteiger partial charge in [0.1, 0.15) is 0 Å². The van der Waals surface area contributed by atoms with E-state index in [0.29, 0.717) is 13.2 Å². The Kier molecular flexibility index (Phi) is 31.6. The third-order valence-electron chi connectivity index (χ3n) is 1.32. The normalized spacial score (nSPS) is 7.60. The fourth-order valence-electron chi connectivity index (χ4n) is 0.516. The van der Waals surface area contributed by atoms with Crippen LogP contribution in [-0.4, -0.2) is 50.1 Å². The molecule has 0 N–H and O–H groups in total. The first-order valence-corrected chi connectivity index (χ1v) is 4.81. The first-order chi connectivity index (χ1) is 6.83. The van der Waals surface area contributed by atoms with Crippen molar-refractivity contribution in [1.29, 1.82) is 0 Å². The van der Waals surface area contributed by atoms with Crippen LogP contribution in [0.15, 0.2) is 0 Å². The van der Waals surface area contributed by atoms with Gasteiger partial charge in [0.2, 0.25) is 0 Å². The zero-order chi connectivity index (χ0) is 11.1. The van der Waals surface area contributed by atoms with Gasteiger partial charge in [-0.25, -0.2) is 0 Å². The largest absolute Gasteiger partial charge is 2.00 e. The molecule has 15 heavy (non-hydrogen) atoms. The van der Waals surface area contributed by atoms with Gasteiger partial charge in [-0.3, -0.25) is 0 Å². The molecule has 0 aromatic carbocycles. The van der Waals surface area contributed by atoms with Crippen LogP contribution in [0.4, 0.5) is 0 Å². The second-order valence-electron chi connectivity index (χ2n) is 2.57. The maximum absolute atomic E-state index is 9.33. The molecule has 0 rings (SSSR count). The molecule has 0 heterocycles. The minimum Gasteiger partial charge on any atom is -0.653 e. The predicted octanol–water partition coefficient (Wildman–Crippen LogP) is 1.36. The first-order valence-electron chi connectivity index (χ1n) is 4.81. The van der Waals surface area contributed by atoms with Crippen molar-refractivity contribution in [2.45, 2.75) is 39.5 Å². The first kappa shape index (κ1) is 20.2. The van der Waals surface area contributed by atoms with Crippen molar-refractivity contribution >= 4 is 36.9 Å². The topological polar surface area (TPSA) is 52.6 Å². The average molecular weight is 321 g/mol. The van der Waals surface area contributed by atoms with Gasteiger partial charge in [0, 0.05) is 13.2 Å². The minimum absolute atomic E-state index is 0. The molecule has 0 atom stereocenters. The Balaban J connectivity index is -0.000000180. The second kappa shape index (κ2) is 23.5. The minimum atomic E-state index is 0. The molecule has 0 saturated carbocycles. The summed E-state index contributed by atoms with van der Waals surface area (Å²) in [6, 6.07) is 0. The maximum atomic E-state index is 9.33. The van der Waals surface area contributed by atoms with E-state index in [1.165, 1.54) is 12.9 Å². The Labute approximate surface area is 109 Å². The zero-order valence-electron chi connectivity index (χ0n) is 9.38. The smallest absolute Gasteiger partial charge is 0.653 e. The molecule has 86 valence electrons. The van der Waals surface area contributed by atoms with E-state index in [9.17, 15) is 9.59 Å². The van der Waals surface area contributed by atoms with E-state index < -0.39 is 0 Å². The van der Waals surface area contributed by atoms with Gasteiger partial charge in [-0.2, -0.15) is 0 Å². The molecule has 4 nitrogen and oxygen atoms in total. The second-order valence-corrected chi connectivity index (χ2v) is 2.57. The number of unbranched alkanes of at least 4 members (excludes halogenated alkanes) is 2. The standard InChI is InChI=1S/2C5H9O2.Sn/c2*1-2-3-4-7-5-6;/h2*2-4H2,1H3;/q2*-1;+2. The fraction of sp³-hybridized carbons (Fsp3) is 0.800. The van der Waals surface area contributed by atoms with Crippen molar-refractivity contribution in [2.24, 2.45) is 0 Å². The van der Waals surface area contributed by atoms with Crippen LogP contribution in [-0.2, 0) is 19.1 Å². The molecule has 0 aromatic heterocycles. The van der Waals surface area contributed by atoms with Gasteiger partial charge in [0.25, 0.3) is 0 Å². The van der Waals surface area contributed by atoms with Gasteiger partial charge >= 0.3 is 23.9 Å². The number of hydrogen-bond donors (Lipinski definition) is 0. The summed E-state index contributed by atoms with van der Waals surface area (Å²) in [4.78, 5) is 18.7. The van der Waals surface area contributed by atoms with Crippen LogP contribution in [0.1, 0.15) is 39.5 Å². The van der Waals surface area contributed by atoms with E-state index in [4.69, 9.17) is 0 Å². The van der Waals surface area contributed by atoms with E-state index in [1.807, 2.05) is 13.8 Å². The molecule has 0 aliphatic heterocycles. The third kappa shape index (κ3) is 31.6. The SMILES string of the molecule is CCCCO[C-]=O.CCCCO[C-]=O.[Sn+2]. The summed E-state index contributed by atoms with van der Waals surface area (Å²) < 4.78 is 8.54. The van der Waals surface area contributed by atoms with Crippen molar-refractivity contribution in [2.75, 3.05) is 13.2 Å². The van der Waals surface area contributed by atoms with Crippen molar-refractivity contribution in [3.63, 3.8) is 0 Å². The molecule has 0 aliphatic rings. The quantitative estimate of drug-likeness (QED) is 0.385. The molecule has 0 aliphatic carbocycles. The summed E-state index contributed by atoms with van der Waals surface area (Å²) in [5, 5.41) is 0. The Morgan fingerprint density at radius 3 is 1.40 bits per heavy atom. The van der Waals surface area contributed by atoms with Gasteiger partial charge in [0.05, 0.1) is 0 Å². The zero-order valence-corrected chi connectivity index (χ0v) is 12.2. The van der Waals surface area contributed by atoms with Crippen LogP contribution < -0.4 is 0 Å². The van der Waals surface area contributed by atoms with Crippen LogP contribution in [0.2, 0.25) is 0 Å². The summed E-state index contributed by atoms with van der Waals surface area (Å²) >= 11 is 0. The summed E-state index contributed by atoms with van der Waals surface area (Å²) in [6.07, 6.45) is 3.99. The molecule has 0 fully saturated rings. The molecule has 5 heteroatoms. The Hall–Kier alpha value is -0.261. The summed E-state index contributed by atoms with van der Waals surface area (Å²) in [6.45, 7) is 7.80. The van der Waals surface area contributed by atoms with Gasteiger partial charge in [-0.05, 0) is 12.8 Å². The number of hydrogen-bond acceptors (Lipinski definition) is 4. The van der Waals surface area contributed by atoms with E-state index in [0.717, 1.165) is 25.7 Å². The number of rotatable bonds is 8. The predicted molar refractivity (Wildman–Crippen MR) is 58.9 cm³/mol. The van der Waals surface area contributed by atoms with Crippen molar-refractivity contribution in [3.05, 3.63) is 0 Å². The van der Waals surface area contributed by atoms with Gasteiger partial charge in [-0.15, -0.1) is 0 Å².